The van der Waals surface area contributed by atoms with E-state index in [2.05, 4.69) is 0 Å². The summed E-state index contributed by atoms with van der Waals surface area (Å²) in [5.41, 5.74) is 5.82. The van der Waals surface area contributed by atoms with Crippen LogP contribution in [0.5, 0.6) is 5.75 Å². The number of nitrogens with zero attached hydrogens (tertiary/aromatic N) is 1. The van der Waals surface area contributed by atoms with Gasteiger partial charge in [0.2, 0.25) is 0 Å². The maximum absolute atomic E-state index is 9.43. The minimum Gasteiger partial charge on any atom is -0.508 e. The van der Waals surface area contributed by atoms with E-state index in [1.54, 1.807) is 0 Å². The van der Waals surface area contributed by atoms with Crippen molar-refractivity contribution in [1.82, 2.24) is 0 Å². The molecule has 1 aromatic carbocycles. The van der Waals surface area contributed by atoms with E-state index < -0.39 is 12.2 Å². The van der Waals surface area contributed by atoms with Crippen LogP contribution in [0.4, 0.5) is 5.69 Å². The maximum Gasteiger partial charge on any atom is 0.170 e. The molecule has 1 rings (SSSR count). The first-order chi connectivity index (χ1) is 6.56. The number of nitrogen functional groups attached to an aromatic ring is 1. The highest BCUT2D eigenvalue weighted by molar-refractivity contribution is 5.52. The topological polar surface area (TPSA) is 110 Å². The first-order valence-corrected chi connectivity index (χ1v) is 3.90. The largest absolute Gasteiger partial charge is 0.508 e. The Hall–Kier alpha value is -1.77. The van der Waals surface area contributed by atoms with E-state index >= 15 is 0 Å². The molecule has 0 aliphatic carbocycles. The second-order valence-electron chi connectivity index (χ2n) is 2.83. The van der Waals surface area contributed by atoms with Crippen LogP contribution in [-0.2, 0) is 0 Å². The van der Waals surface area contributed by atoms with Crippen molar-refractivity contribution in [2.24, 2.45) is 0 Å². The number of nitrogens with two attached hydrogens (primary N) is 1. The number of benzene rings is 1. The number of anilines is 1. The quantitative estimate of drug-likeness (QED) is 0.388. The van der Waals surface area contributed by atoms with Crippen molar-refractivity contribution in [3.05, 3.63) is 23.8 Å². The molecule has 0 fully saturated rings. The first-order valence-electron chi connectivity index (χ1n) is 3.90. The number of nitriles is 1. The number of phenols is 1. The van der Waals surface area contributed by atoms with E-state index in [9.17, 15) is 5.11 Å². The fraction of sp³-hybridized carbons (Fsp3) is 0.222. The van der Waals surface area contributed by atoms with Gasteiger partial charge >= 0.3 is 0 Å². The van der Waals surface area contributed by atoms with Crippen molar-refractivity contribution >= 4 is 5.69 Å². The molecule has 5 N–H and O–H groups in total. The Labute approximate surface area is 80.6 Å². The highest BCUT2D eigenvalue weighted by atomic mass is 16.3. The smallest absolute Gasteiger partial charge is 0.170 e. The molecule has 0 radical (unpaired) electrons. The fourth-order valence-corrected chi connectivity index (χ4v) is 1.07. The summed E-state index contributed by atoms with van der Waals surface area (Å²) in [6.07, 6.45) is -2.89. The SMILES string of the molecule is N#CC(O)C(O)c1ccc(O)cc1N. The van der Waals surface area contributed by atoms with Crippen molar-refractivity contribution in [3.63, 3.8) is 0 Å². The van der Waals surface area contributed by atoms with Crippen LogP contribution in [0.2, 0.25) is 0 Å². The molecule has 0 saturated carbocycles. The molecule has 0 spiro atoms. The van der Waals surface area contributed by atoms with Gasteiger partial charge in [0.15, 0.2) is 6.10 Å². The van der Waals surface area contributed by atoms with Gasteiger partial charge in [0.25, 0.3) is 0 Å². The van der Waals surface area contributed by atoms with Crippen LogP contribution in [0, 0.1) is 11.3 Å². The normalized spacial score (nSPS) is 14.4. The van der Waals surface area contributed by atoms with Gasteiger partial charge in [-0.3, -0.25) is 0 Å². The monoisotopic (exact) mass is 194 g/mol. The molecule has 5 heteroatoms. The molecule has 1 aromatic rings. The number of aliphatic hydroxyl groups is 2. The van der Waals surface area contributed by atoms with E-state index in [1.165, 1.54) is 24.3 Å². The lowest BCUT2D eigenvalue weighted by atomic mass is 10.0. The highest BCUT2D eigenvalue weighted by Gasteiger charge is 2.19. The zero-order valence-corrected chi connectivity index (χ0v) is 7.25. The number of hydrogen-bond acceptors (Lipinski definition) is 5. The van der Waals surface area contributed by atoms with E-state index in [-0.39, 0.29) is 17.0 Å². The summed E-state index contributed by atoms with van der Waals surface area (Å²) in [6.45, 7) is 0. The Morgan fingerprint density at radius 3 is 2.50 bits per heavy atom. The molecule has 2 atom stereocenters. The highest BCUT2D eigenvalue weighted by Crippen LogP contribution is 2.26. The van der Waals surface area contributed by atoms with Gasteiger partial charge in [0.05, 0.1) is 6.07 Å². The van der Waals surface area contributed by atoms with Crippen LogP contribution in [-0.4, -0.2) is 21.4 Å². The van der Waals surface area contributed by atoms with Crippen molar-refractivity contribution in [2.75, 3.05) is 5.73 Å². The van der Waals surface area contributed by atoms with Gasteiger partial charge in [0.1, 0.15) is 11.9 Å². The third-order valence-electron chi connectivity index (χ3n) is 1.82. The summed E-state index contributed by atoms with van der Waals surface area (Å²) in [6, 6.07) is 5.41. The molecule has 0 aromatic heterocycles. The number of aromatic hydroxyl groups is 1. The van der Waals surface area contributed by atoms with Gasteiger partial charge in [0, 0.05) is 17.3 Å². The minimum atomic E-state index is -1.53. The molecule has 0 bridgehead atoms. The van der Waals surface area contributed by atoms with Crippen molar-refractivity contribution in [2.45, 2.75) is 12.2 Å². The number of rotatable bonds is 2. The van der Waals surface area contributed by atoms with Crippen LogP contribution in [0.1, 0.15) is 11.7 Å². The van der Waals surface area contributed by atoms with Crippen LogP contribution < -0.4 is 5.73 Å². The van der Waals surface area contributed by atoms with Gasteiger partial charge in [-0.1, -0.05) is 6.07 Å². The molecule has 0 aliphatic heterocycles. The Kier molecular flexibility index (Phi) is 2.92. The van der Waals surface area contributed by atoms with Crippen LogP contribution >= 0.6 is 0 Å². The second-order valence-corrected chi connectivity index (χ2v) is 2.83. The van der Waals surface area contributed by atoms with Gasteiger partial charge in [-0.15, -0.1) is 0 Å². The molecular formula is C9H10N2O3. The molecule has 0 aliphatic rings. The molecular weight excluding hydrogens is 184 g/mol. The predicted molar refractivity (Wildman–Crippen MR) is 49.1 cm³/mol. The lowest BCUT2D eigenvalue weighted by molar-refractivity contribution is 0.0532. The lowest BCUT2D eigenvalue weighted by Crippen LogP contribution is -2.17. The number of phenolic OH excluding ortho intramolecular Hbond substituents is 1. The molecule has 2 unspecified atom stereocenters. The number of aliphatic hydroxyl groups excluding tert-OH is 2. The van der Waals surface area contributed by atoms with Gasteiger partial charge in [-0.2, -0.15) is 5.26 Å². The molecule has 5 nitrogen and oxygen atoms in total. The van der Waals surface area contributed by atoms with Crippen LogP contribution in [0.3, 0.4) is 0 Å². The van der Waals surface area contributed by atoms with Gasteiger partial charge in [-0.25, -0.2) is 0 Å². The molecule has 14 heavy (non-hydrogen) atoms. The molecule has 0 saturated heterocycles. The Morgan fingerprint density at radius 1 is 1.36 bits per heavy atom. The third kappa shape index (κ3) is 1.93. The Balaban J connectivity index is 3.03. The average molecular weight is 194 g/mol. The van der Waals surface area contributed by atoms with Gasteiger partial charge in [-0.05, 0) is 6.07 Å². The second kappa shape index (κ2) is 3.96. The summed E-state index contributed by atoms with van der Waals surface area (Å²) >= 11 is 0. The zero-order chi connectivity index (χ0) is 10.7. The fourth-order valence-electron chi connectivity index (χ4n) is 1.07. The Morgan fingerprint density at radius 2 is 2.00 bits per heavy atom. The molecule has 74 valence electrons. The summed E-state index contributed by atoms with van der Waals surface area (Å²) in [4.78, 5) is 0. The molecule has 0 heterocycles. The average Bonchev–Trinajstić information content (AvgIpc) is 2.15. The third-order valence-corrected chi connectivity index (χ3v) is 1.82. The zero-order valence-electron chi connectivity index (χ0n) is 7.25. The van der Waals surface area contributed by atoms with Crippen LogP contribution in [0.25, 0.3) is 0 Å². The summed E-state index contributed by atoms with van der Waals surface area (Å²) in [5, 5.41) is 35.9. The Bertz CT molecular complexity index is 373. The predicted octanol–water partition coefficient (Wildman–Crippen LogP) is -0.108. The summed E-state index contributed by atoms with van der Waals surface area (Å²) < 4.78 is 0. The summed E-state index contributed by atoms with van der Waals surface area (Å²) in [5.74, 6) is -0.0371. The first kappa shape index (κ1) is 10.3. The van der Waals surface area contributed by atoms with E-state index in [0.29, 0.717) is 0 Å². The van der Waals surface area contributed by atoms with E-state index in [1.807, 2.05) is 0 Å². The van der Waals surface area contributed by atoms with E-state index in [4.69, 9.17) is 21.2 Å². The van der Waals surface area contributed by atoms with E-state index in [0.717, 1.165) is 0 Å². The standard InChI is InChI=1S/C9H10N2O3/c10-4-8(13)9(14)6-2-1-5(12)3-7(6)11/h1-3,8-9,12-14H,11H2. The van der Waals surface area contributed by atoms with Crippen molar-refractivity contribution in [3.8, 4) is 11.8 Å². The summed E-state index contributed by atoms with van der Waals surface area (Å²) in [7, 11) is 0. The van der Waals surface area contributed by atoms with Crippen LogP contribution in [0.15, 0.2) is 18.2 Å². The number of hydrogen-bond donors (Lipinski definition) is 4. The lowest BCUT2D eigenvalue weighted by Gasteiger charge is -2.14. The maximum atomic E-state index is 9.43. The van der Waals surface area contributed by atoms with Crippen molar-refractivity contribution < 1.29 is 15.3 Å². The minimum absolute atomic E-state index is 0.0371. The van der Waals surface area contributed by atoms with Crippen molar-refractivity contribution in [1.29, 1.82) is 5.26 Å². The molecule has 0 amide bonds. The van der Waals surface area contributed by atoms with Gasteiger partial charge < -0.3 is 21.1 Å².